The Kier molecular flexibility index (Phi) is 3.76. The number of hydrogen-bond acceptors (Lipinski definition) is 3. The maximum Gasteiger partial charge on any atom is 0.127 e. The van der Waals surface area contributed by atoms with E-state index in [1.165, 1.54) is 11.1 Å². The van der Waals surface area contributed by atoms with Crippen LogP contribution in [0.2, 0.25) is 0 Å². The number of fused-ring (bicyclic) bond motifs is 1. The van der Waals surface area contributed by atoms with E-state index in [2.05, 4.69) is 42.3 Å². The maximum absolute atomic E-state index is 6.04. The van der Waals surface area contributed by atoms with Gasteiger partial charge in [0, 0.05) is 43.7 Å². The molecule has 19 heavy (non-hydrogen) atoms. The molecule has 0 radical (unpaired) electrons. The molecule has 0 spiro atoms. The molecule has 2 aliphatic rings. The number of hydrogen-bond donors (Lipinski definition) is 1. The van der Waals surface area contributed by atoms with Crippen LogP contribution >= 0.6 is 0 Å². The number of piperazine rings is 1. The average molecular weight is 260 g/mol. The lowest BCUT2D eigenvalue weighted by molar-refractivity contribution is 0.0796. The summed E-state index contributed by atoms with van der Waals surface area (Å²) in [5, 5.41) is 3.44. The Bertz CT molecular complexity index is 440. The number of nitrogens with one attached hydrogen (secondary N) is 1. The van der Waals surface area contributed by atoms with E-state index >= 15 is 0 Å². The summed E-state index contributed by atoms with van der Waals surface area (Å²) in [5.41, 5.74) is 2.75. The first kappa shape index (κ1) is 12.9. The van der Waals surface area contributed by atoms with Gasteiger partial charge in [0.25, 0.3) is 0 Å². The summed E-state index contributed by atoms with van der Waals surface area (Å²) in [6.07, 6.45) is 1.05. The van der Waals surface area contributed by atoms with Crippen LogP contribution in [0.4, 0.5) is 0 Å². The Morgan fingerprint density at radius 3 is 2.84 bits per heavy atom. The topological polar surface area (TPSA) is 24.5 Å². The fourth-order valence-corrected chi connectivity index (χ4v) is 3.42. The third-order valence-electron chi connectivity index (χ3n) is 4.40. The Morgan fingerprint density at radius 1 is 1.32 bits per heavy atom. The Balaban J connectivity index is 1.96. The quantitative estimate of drug-likeness (QED) is 0.882. The van der Waals surface area contributed by atoms with Gasteiger partial charge in [0.1, 0.15) is 5.75 Å². The first-order valence-corrected chi connectivity index (χ1v) is 7.50. The number of benzene rings is 1. The monoisotopic (exact) mass is 260 g/mol. The lowest BCUT2D eigenvalue weighted by Gasteiger charge is -2.42. The molecule has 1 aromatic carbocycles. The van der Waals surface area contributed by atoms with Crippen molar-refractivity contribution in [2.75, 3.05) is 32.8 Å². The fourth-order valence-electron chi connectivity index (χ4n) is 3.42. The highest BCUT2D eigenvalue weighted by atomic mass is 16.5. The van der Waals surface area contributed by atoms with E-state index in [0.29, 0.717) is 12.0 Å². The minimum Gasteiger partial charge on any atom is -0.493 e. The van der Waals surface area contributed by atoms with Gasteiger partial charge in [0.2, 0.25) is 0 Å². The highest BCUT2D eigenvalue weighted by Gasteiger charge is 2.33. The minimum absolute atomic E-state index is 0.525. The van der Waals surface area contributed by atoms with Crippen molar-refractivity contribution in [1.29, 1.82) is 0 Å². The molecule has 3 rings (SSSR count). The Hall–Kier alpha value is -1.06. The number of para-hydroxylation sites is 1. The zero-order valence-corrected chi connectivity index (χ0v) is 12.0. The van der Waals surface area contributed by atoms with Crippen LogP contribution in [-0.4, -0.2) is 37.7 Å². The molecule has 1 fully saturated rings. The average Bonchev–Trinajstić information content (AvgIpc) is 2.47. The van der Waals surface area contributed by atoms with E-state index in [0.717, 1.165) is 45.0 Å². The molecule has 0 amide bonds. The summed E-state index contributed by atoms with van der Waals surface area (Å²) in [6.45, 7) is 9.86. The fraction of sp³-hybridized carbons (Fsp3) is 0.625. The third kappa shape index (κ3) is 2.37. The van der Waals surface area contributed by atoms with Crippen molar-refractivity contribution >= 4 is 0 Å². The summed E-state index contributed by atoms with van der Waals surface area (Å²) >= 11 is 0. The number of aryl methyl sites for hydroxylation is 1. The molecule has 3 heteroatoms. The largest absolute Gasteiger partial charge is 0.493 e. The molecule has 1 saturated heterocycles. The van der Waals surface area contributed by atoms with Crippen LogP contribution in [-0.2, 0) is 6.42 Å². The number of rotatable bonds is 2. The molecular weight excluding hydrogens is 236 g/mol. The smallest absolute Gasteiger partial charge is 0.127 e. The third-order valence-corrected chi connectivity index (χ3v) is 4.40. The van der Waals surface area contributed by atoms with Crippen molar-refractivity contribution in [3.63, 3.8) is 0 Å². The molecule has 2 atom stereocenters. The molecule has 3 nitrogen and oxygen atoms in total. The summed E-state index contributed by atoms with van der Waals surface area (Å²) < 4.78 is 6.04. The SMILES string of the molecule is CCc1cccc2c1OCC(C)C2N1CCNCC1. The second-order valence-electron chi connectivity index (χ2n) is 5.71. The van der Waals surface area contributed by atoms with E-state index in [1.807, 2.05) is 0 Å². The molecule has 0 bridgehead atoms. The molecule has 1 aromatic rings. The molecule has 2 unspecified atom stereocenters. The van der Waals surface area contributed by atoms with Gasteiger partial charge in [-0.05, 0) is 12.0 Å². The first-order chi connectivity index (χ1) is 9.31. The molecule has 2 heterocycles. The van der Waals surface area contributed by atoms with E-state index < -0.39 is 0 Å². The van der Waals surface area contributed by atoms with Crippen molar-refractivity contribution < 1.29 is 4.74 Å². The predicted molar refractivity (Wildman–Crippen MR) is 77.7 cm³/mol. The van der Waals surface area contributed by atoms with Crippen molar-refractivity contribution in [1.82, 2.24) is 10.2 Å². The molecule has 0 aromatic heterocycles. The van der Waals surface area contributed by atoms with Gasteiger partial charge < -0.3 is 10.1 Å². The molecule has 0 saturated carbocycles. The molecule has 1 N–H and O–H groups in total. The standard InChI is InChI=1S/C16H24N2O/c1-3-13-5-4-6-14-15(12(2)11-19-16(13)14)18-9-7-17-8-10-18/h4-6,12,15,17H,3,7-11H2,1-2H3. The lowest BCUT2D eigenvalue weighted by atomic mass is 9.88. The second-order valence-corrected chi connectivity index (χ2v) is 5.71. The number of nitrogens with zero attached hydrogens (tertiary/aromatic N) is 1. The van der Waals surface area contributed by atoms with Gasteiger partial charge in [0.15, 0.2) is 0 Å². The summed E-state index contributed by atoms with van der Waals surface area (Å²) in [6, 6.07) is 7.17. The van der Waals surface area contributed by atoms with Crippen LogP contribution in [0.5, 0.6) is 5.75 Å². The molecule has 2 aliphatic heterocycles. The van der Waals surface area contributed by atoms with Gasteiger partial charge in [-0.15, -0.1) is 0 Å². The van der Waals surface area contributed by atoms with Crippen molar-refractivity contribution in [3.8, 4) is 5.75 Å². The summed E-state index contributed by atoms with van der Waals surface area (Å²) in [4.78, 5) is 2.63. The van der Waals surface area contributed by atoms with Gasteiger partial charge in [-0.3, -0.25) is 4.90 Å². The van der Waals surface area contributed by atoms with Crippen LogP contribution < -0.4 is 10.1 Å². The second kappa shape index (κ2) is 5.51. The van der Waals surface area contributed by atoms with Gasteiger partial charge in [-0.1, -0.05) is 32.0 Å². The Labute approximate surface area is 115 Å². The molecule has 0 aliphatic carbocycles. The van der Waals surface area contributed by atoms with Crippen molar-refractivity contribution in [2.45, 2.75) is 26.3 Å². The van der Waals surface area contributed by atoms with E-state index in [1.54, 1.807) is 0 Å². The van der Waals surface area contributed by atoms with Crippen molar-refractivity contribution in [2.24, 2.45) is 5.92 Å². The summed E-state index contributed by atoms with van der Waals surface area (Å²) in [7, 11) is 0. The van der Waals surface area contributed by atoms with Crippen LogP contribution in [0.15, 0.2) is 18.2 Å². The summed E-state index contributed by atoms with van der Waals surface area (Å²) in [5.74, 6) is 1.73. The molecule has 104 valence electrons. The van der Waals surface area contributed by atoms with Crippen molar-refractivity contribution in [3.05, 3.63) is 29.3 Å². The predicted octanol–water partition coefficient (Wildman–Crippen LogP) is 2.22. The highest BCUT2D eigenvalue weighted by molar-refractivity contribution is 5.45. The zero-order chi connectivity index (χ0) is 13.2. The number of ether oxygens (including phenoxy) is 1. The van der Waals surface area contributed by atoms with Gasteiger partial charge >= 0.3 is 0 Å². The van der Waals surface area contributed by atoms with Gasteiger partial charge in [0.05, 0.1) is 6.61 Å². The maximum atomic E-state index is 6.04. The lowest BCUT2D eigenvalue weighted by Crippen LogP contribution is -2.48. The van der Waals surface area contributed by atoms with Crippen LogP contribution in [0.1, 0.15) is 31.0 Å². The van der Waals surface area contributed by atoms with E-state index in [4.69, 9.17) is 4.74 Å². The zero-order valence-electron chi connectivity index (χ0n) is 12.0. The molecular formula is C16H24N2O. The highest BCUT2D eigenvalue weighted by Crippen LogP contribution is 2.41. The van der Waals surface area contributed by atoms with Crippen LogP contribution in [0, 0.1) is 5.92 Å². The Morgan fingerprint density at radius 2 is 2.11 bits per heavy atom. The normalized spacial score (nSPS) is 27.7. The minimum atomic E-state index is 0.525. The van der Waals surface area contributed by atoms with E-state index in [9.17, 15) is 0 Å². The van der Waals surface area contributed by atoms with Gasteiger partial charge in [-0.2, -0.15) is 0 Å². The van der Waals surface area contributed by atoms with Crippen LogP contribution in [0.3, 0.4) is 0 Å². The van der Waals surface area contributed by atoms with Crippen LogP contribution in [0.25, 0.3) is 0 Å². The van der Waals surface area contributed by atoms with E-state index in [-0.39, 0.29) is 0 Å². The first-order valence-electron chi connectivity index (χ1n) is 7.50. The van der Waals surface area contributed by atoms with Gasteiger partial charge in [-0.25, -0.2) is 0 Å².